The van der Waals surface area contributed by atoms with Crippen LogP contribution in [0.25, 0.3) is 0 Å². The second kappa shape index (κ2) is 6.61. The fraction of sp³-hybridized carbons (Fsp3) is 0.462. The van der Waals surface area contributed by atoms with Gasteiger partial charge in [-0.1, -0.05) is 22.0 Å². The van der Waals surface area contributed by atoms with Gasteiger partial charge in [-0.3, -0.25) is 0 Å². The molecule has 0 bridgehead atoms. The molecular formula is C13H16BrFN2. The van der Waals surface area contributed by atoms with Crippen LogP contribution in [0.15, 0.2) is 18.2 Å². The van der Waals surface area contributed by atoms with Crippen molar-refractivity contribution in [2.45, 2.75) is 31.6 Å². The topological polar surface area (TPSA) is 27.0 Å². The molecule has 0 spiro atoms. The van der Waals surface area contributed by atoms with E-state index in [2.05, 4.69) is 26.9 Å². The lowest BCUT2D eigenvalue weighted by Gasteiger charge is -2.30. The molecule has 0 saturated heterocycles. The molecule has 0 unspecified atom stereocenters. The van der Waals surface area contributed by atoms with Crippen molar-refractivity contribution in [2.75, 3.05) is 11.4 Å². The van der Waals surface area contributed by atoms with E-state index in [9.17, 15) is 4.39 Å². The number of nitriles is 1. The lowest BCUT2D eigenvalue weighted by Crippen LogP contribution is -2.32. The summed E-state index contributed by atoms with van der Waals surface area (Å²) in [6.07, 6.45) is 0.441. The first kappa shape index (κ1) is 14.0. The van der Waals surface area contributed by atoms with E-state index < -0.39 is 0 Å². The molecule has 1 rings (SSSR count). The number of anilines is 1. The van der Waals surface area contributed by atoms with Gasteiger partial charge in [0.25, 0.3) is 0 Å². The smallest absolute Gasteiger partial charge is 0.129 e. The second-order valence-corrected chi connectivity index (χ2v) is 4.63. The Kier molecular flexibility index (Phi) is 5.43. The Balaban J connectivity index is 3.09. The third-order valence-corrected chi connectivity index (χ3v) is 3.19. The van der Waals surface area contributed by atoms with E-state index in [1.807, 2.05) is 19.9 Å². The lowest BCUT2D eigenvalue weighted by atomic mass is 10.1. The molecule has 4 heteroatoms. The van der Waals surface area contributed by atoms with Crippen LogP contribution < -0.4 is 4.90 Å². The quantitative estimate of drug-likeness (QED) is 0.772. The zero-order chi connectivity index (χ0) is 12.8. The van der Waals surface area contributed by atoms with Gasteiger partial charge in [-0.25, -0.2) is 4.39 Å². The average molecular weight is 299 g/mol. The largest absolute Gasteiger partial charge is 0.368 e. The van der Waals surface area contributed by atoms with Crippen molar-refractivity contribution in [1.82, 2.24) is 0 Å². The first-order chi connectivity index (χ1) is 8.11. The molecule has 0 radical (unpaired) electrons. The van der Waals surface area contributed by atoms with E-state index in [4.69, 9.17) is 5.26 Å². The summed E-state index contributed by atoms with van der Waals surface area (Å²) in [5, 5.41) is 9.14. The van der Waals surface area contributed by atoms with Crippen LogP contribution in [0.2, 0.25) is 0 Å². The molecule has 1 aromatic carbocycles. The van der Waals surface area contributed by atoms with E-state index in [1.54, 1.807) is 6.07 Å². The van der Waals surface area contributed by atoms with Crippen LogP contribution in [0.3, 0.4) is 0 Å². The van der Waals surface area contributed by atoms with E-state index in [-0.39, 0.29) is 11.9 Å². The molecule has 2 nitrogen and oxygen atoms in total. The fourth-order valence-corrected chi connectivity index (χ4v) is 2.33. The summed E-state index contributed by atoms with van der Waals surface area (Å²) in [6.45, 7) is 4.71. The molecule has 1 aromatic rings. The van der Waals surface area contributed by atoms with Crippen LogP contribution in [-0.2, 0) is 5.33 Å². The van der Waals surface area contributed by atoms with Gasteiger partial charge in [-0.2, -0.15) is 5.26 Å². The Morgan fingerprint density at radius 3 is 2.71 bits per heavy atom. The van der Waals surface area contributed by atoms with Crippen molar-refractivity contribution in [3.8, 4) is 6.07 Å². The Hall–Kier alpha value is -1.08. The Bertz CT molecular complexity index is 412. The van der Waals surface area contributed by atoms with Gasteiger partial charge in [-0.05, 0) is 26.0 Å². The van der Waals surface area contributed by atoms with Gasteiger partial charge in [-0.15, -0.1) is 0 Å². The third-order valence-electron chi connectivity index (χ3n) is 2.63. The fourth-order valence-electron chi connectivity index (χ4n) is 1.78. The maximum Gasteiger partial charge on any atom is 0.129 e. The van der Waals surface area contributed by atoms with Gasteiger partial charge in [0.2, 0.25) is 0 Å². The van der Waals surface area contributed by atoms with Crippen molar-refractivity contribution in [3.63, 3.8) is 0 Å². The third kappa shape index (κ3) is 3.44. The number of nitrogens with zero attached hydrogens (tertiary/aromatic N) is 2. The van der Waals surface area contributed by atoms with Crippen molar-refractivity contribution < 1.29 is 4.39 Å². The van der Waals surface area contributed by atoms with E-state index in [1.165, 1.54) is 6.07 Å². The van der Waals surface area contributed by atoms with Crippen LogP contribution in [0.4, 0.5) is 10.1 Å². The summed E-state index contributed by atoms with van der Waals surface area (Å²) in [7, 11) is 0. The number of hydrogen-bond acceptors (Lipinski definition) is 2. The van der Waals surface area contributed by atoms with Crippen molar-refractivity contribution in [3.05, 3.63) is 29.6 Å². The predicted octanol–water partition coefficient (Wildman–Crippen LogP) is 3.85. The number of benzene rings is 1. The Morgan fingerprint density at radius 2 is 2.18 bits per heavy atom. The van der Waals surface area contributed by atoms with Gasteiger partial charge in [0.15, 0.2) is 0 Å². The SMILES string of the molecule is CC(C)N(CCC#N)c1cccc(F)c1CBr. The summed E-state index contributed by atoms with van der Waals surface area (Å²) < 4.78 is 13.7. The zero-order valence-electron chi connectivity index (χ0n) is 10.1. The summed E-state index contributed by atoms with van der Waals surface area (Å²) in [5.41, 5.74) is 1.52. The van der Waals surface area contributed by atoms with Gasteiger partial charge in [0.05, 0.1) is 12.5 Å². The minimum absolute atomic E-state index is 0.206. The van der Waals surface area contributed by atoms with Crippen molar-refractivity contribution >= 4 is 21.6 Å². The molecule has 0 aliphatic heterocycles. The highest BCUT2D eigenvalue weighted by Crippen LogP contribution is 2.27. The molecule has 0 aliphatic carbocycles. The number of rotatable bonds is 5. The molecule has 0 heterocycles. The maximum absolute atomic E-state index is 13.7. The van der Waals surface area contributed by atoms with Crippen molar-refractivity contribution in [1.29, 1.82) is 5.26 Å². The Labute approximate surface area is 110 Å². The van der Waals surface area contributed by atoms with Crippen LogP contribution >= 0.6 is 15.9 Å². The highest BCUT2D eigenvalue weighted by molar-refractivity contribution is 9.08. The first-order valence-corrected chi connectivity index (χ1v) is 6.71. The Morgan fingerprint density at radius 1 is 1.47 bits per heavy atom. The van der Waals surface area contributed by atoms with Crippen LogP contribution in [-0.4, -0.2) is 12.6 Å². The molecule has 0 atom stereocenters. The highest BCUT2D eigenvalue weighted by atomic mass is 79.9. The van der Waals surface area contributed by atoms with Crippen LogP contribution in [0.1, 0.15) is 25.8 Å². The van der Waals surface area contributed by atoms with Gasteiger partial charge < -0.3 is 4.90 Å². The monoisotopic (exact) mass is 298 g/mol. The molecule has 92 valence electrons. The molecular weight excluding hydrogens is 283 g/mol. The summed E-state index contributed by atoms with van der Waals surface area (Å²) in [6, 6.07) is 7.43. The van der Waals surface area contributed by atoms with Crippen LogP contribution in [0, 0.1) is 17.1 Å². The summed E-state index contributed by atoms with van der Waals surface area (Å²) in [5.74, 6) is -0.206. The maximum atomic E-state index is 13.7. The number of halogens is 2. The number of alkyl halides is 1. The van der Waals surface area contributed by atoms with E-state index in [0.717, 1.165) is 5.69 Å². The molecule has 0 aromatic heterocycles. The highest BCUT2D eigenvalue weighted by Gasteiger charge is 2.16. The first-order valence-electron chi connectivity index (χ1n) is 5.58. The van der Waals surface area contributed by atoms with Gasteiger partial charge in [0, 0.05) is 29.2 Å². The zero-order valence-corrected chi connectivity index (χ0v) is 11.7. The van der Waals surface area contributed by atoms with Gasteiger partial charge >= 0.3 is 0 Å². The molecule has 0 amide bonds. The van der Waals surface area contributed by atoms with Crippen molar-refractivity contribution in [2.24, 2.45) is 0 Å². The van der Waals surface area contributed by atoms with Crippen LogP contribution in [0.5, 0.6) is 0 Å². The summed E-state index contributed by atoms with van der Waals surface area (Å²) in [4.78, 5) is 2.06. The molecule has 17 heavy (non-hydrogen) atoms. The molecule has 0 saturated carbocycles. The normalized spacial score (nSPS) is 10.4. The molecule has 0 aliphatic rings. The minimum atomic E-state index is -0.206. The van der Waals surface area contributed by atoms with E-state index >= 15 is 0 Å². The average Bonchev–Trinajstić information content (AvgIpc) is 2.29. The number of hydrogen-bond donors (Lipinski definition) is 0. The lowest BCUT2D eigenvalue weighted by molar-refractivity contribution is 0.611. The molecule has 0 fully saturated rings. The van der Waals surface area contributed by atoms with Gasteiger partial charge in [0.1, 0.15) is 5.82 Å². The summed E-state index contributed by atoms with van der Waals surface area (Å²) >= 11 is 3.31. The predicted molar refractivity (Wildman–Crippen MR) is 71.7 cm³/mol. The minimum Gasteiger partial charge on any atom is -0.368 e. The second-order valence-electron chi connectivity index (χ2n) is 4.07. The molecule has 0 N–H and O–H groups in total. The standard InChI is InChI=1S/C13H16BrFN2/c1-10(2)17(8-4-7-16)13-6-3-5-12(15)11(13)9-14/h3,5-6,10H,4,8-9H2,1-2H3. The van der Waals surface area contributed by atoms with E-state index in [0.29, 0.717) is 23.9 Å².